The summed E-state index contributed by atoms with van der Waals surface area (Å²) in [6, 6.07) is 24.0. The Morgan fingerprint density at radius 1 is 0.909 bits per heavy atom. The van der Waals surface area contributed by atoms with Crippen LogP contribution in [0.2, 0.25) is 0 Å². The van der Waals surface area contributed by atoms with E-state index in [2.05, 4.69) is 41.4 Å². The van der Waals surface area contributed by atoms with Gasteiger partial charge in [-0.1, -0.05) is 72.5 Å². The molecule has 33 heavy (non-hydrogen) atoms. The normalized spacial score (nSPS) is 11.6. The van der Waals surface area contributed by atoms with Gasteiger partial charge in [-0.3, -0.25) is 4.79 Å². The van der Waals surface area contributed by atoms with Crippen LogP contribution in [0, 0.1) is 11.8 Å². The first kappa shape index (κ1) is 22.2. The number of benzene rings is 3. The average molecular weight is 440 g/mol. The third-order valence-electron chi connectivity index (χ3n) is 5.68. The number of carbonyl (C=O) groups excluding carboxylic acids is 1. The van der Waals surface area contributed by atoms with Gasteiger partial charge in [0.2, 0.25) is 0 Å². The fourth-order valence-electron chi connectivity index (χ4n) is 4.05. The van der Waals surface area contributed by atoms with Crippen molar-refractivity contribution in [2.24, 2.45) is 0 Å². The molecule has 0 spiro atoms. The van der Waals surface area contributed by atoms with Gasteiger partial charge in [0.05, 0.1) is 0 Å². The zero-order valence-corrected chi connectivity index (χ0v) is 18.2. The van der Waals surface area contributed by atoms with E-state index in [9.17, 15) is 9.59 Å². The molecule has 166 valence electrons. The summed E-state index contributed by atoms with van der Waals surface area (Å²) in [6.07, 6.45) is 0.686. The van der Waals surface area contributed by atoms with Crippen LogP contribution < -0.4 is 5.32 Å². The zero-order chi connectivity index (χ0) is 23.0. The van der Waals surface area contributed by atoms with Gasteiger partial charge in [-0.25, -0.2) is 4.79 Å². The Morgan fingerprint density at radius 3 is 2.18 bits per heavy atom. The van der Waals surface area contributed by atoms with E-state index in [1.165, 1.54) is 22.3 Å². The number of carboxylic acid groups (broad SMARTS) is 1. The minimum atomic E-state index is -0.803. The first-order valence-corrected chi connectivity index (χ1v) is 11.0. The number of amides is 1. The minimum absolute atomic E-state index is 0.0430. The van der Waals surface area contributed by atoms with E-state index in [1.54, 1.807) is 0 Å². The number of ether oxygens (including phenoxy) is 1. The van der Waals surface area contributed by atoms with Gasteiger partial charge in [0.1, 0.15) is 6.61 Å². The van der Waals surface area contributed by atoms with E-state index in [-0.39, 0.29) is 12.3 Å². The van der Waals surface area contributed by atoms with Crippen molar-refractivity contribution in [2.45, 2.75) is 25.2 Å². The molecule has 1 amide bonds. The summed E-state index contributed by atoms with van der Waals surface area (Å²) < 4.78 is 5.52. The van der Waals surface area contributed by atoms with Crippen LogP contribution in [0.25, 0.3) is 11.1 Å². The molecule has 0 bridgehead atoms. The van der Waals surface area contributed by atoms with Gasteiger partial charge in [-0.15, -0.1) is 0 Å². The number of carboxylic acids is 1. The molecule has 3 aromatic carbocycles. The van der Waals surface area contributed by atoms with E-state index in [1.807, 2.05) is 48.5 Å². The molecule has 5 heteroatoms. The van der Waals surface area contributed by atoms with Crippen LogP contribution in [0.5, 0.6) is 0 Å². The Labute approximate surface area is 193 Å². The predicted molar refractivity (Wildman–Crippen MR) is 127 cm³/mol. The summed E-state index contributed by atoms with van der Waals surface area (Å²) in [5.41, 5.74) is 6.60. The van der Waals surface area contributed by atoms with Crippen LogP contribution in [0.3, 0.4) is 0 Å². The van der Waals surface area contributed by atoms with Crippen LogP contribution in [-0.2, 0) is 16.0 Å². The minimum Gasteiger partial charge on any atom is -0.481 e. The molecule has 0 saturated carbocycles. The summed E-state index contributed by atoms with van der Waals surface area (Å²) in [5.74, 6) is 5.33. The highest BCUT2D eigenvalue weighted by molar-refractivity contribution is 5.79. The van der Waals surface area contributed by atoms with E-state index >= 15 is 0 Å². The van der Waals surface area contributed by atoms with Gasteiger partial charge >= 0.3 is 12.1 Å². The largest absolute Gasteiger partial charge is 0.481 e. The van der Waals surface area contributed by atoms with Gasteiger partial charge in [-0.2, -0.15) is 0 Å². The standard InChI is InChI=1S/C28H25NO4/c30-27(31)17-16-21-14-12-20(13-15-21)7-5-6-18-29-28(32)33-19-26-24-10-3-1-8-22(24)23-9-2-4-11-25(23)26/h1-4,8-15,26H,6,16-19H2,(H,29,32)(H,30,31). The fraction of sp³-hybridized carbons (Fsp3) is 0.214. The quantitative estimate of drug-likeness (QED) is 0.402. The molecule has 0 aromatic heterocycles. The lowest BCUT2D eigenvalue weighted by Gasteiger charge is -2.14. The number of nitrogens with one attached hydrogen (secondary N) is 1. The lowest BCUT2D eigenvalue weighted by Crippen LogP contribution is -2.26. The summed E-state index contributed by atoms with van der Waals surface area (Å²) in [6.45, 7) is 0.695. The molecule has 0 atom stereocenters. The summed E-state index contributed by atoms with van der Waals surface area (Å²) in [4.78, 5) is 22.8. The van der Waals surface area contributed by atoms with Crippen LogP contribution in [0.1, 0.15) is 41.0 Å². The predicted octanol–water partition coefficient (Wildman–Crippen LogP) is 4.98. The van der Waals surface area contributed by atoms with Crippen molar-refractivity contribution in [2.75, 3.05) is 13.2 Å². The smallest absolute Gasteiger partial charge is 0.407 e. The molecular formula is C28H25NO4. The highest BCUT2D eigenvalue weighted by Crippen LogP contribution is 2.44. The van der Waals surface area contributed by atoms with Crippen LogP contribution >= 0.6 is 0 Å². The van der Waals surface area contributed by atoms with Crippen LogP contribution in [0.4, 0.5) is 4.79 Å². The van der Waals surface area contributed by atoms with Crippen molar-refractivity contribution in [1.82, 2.24) is 5.32 Å². The number of fused-ring (bicyclic) bond motifs is 3. The zero-order valence-electron chi connectivity index (χ0n) is 18.2. The third-order valence-corrected chi connectivity index (χ3v) is 5.68. The number of aryl methyl sites for hydroxylation is 1. The van der Waals surface area contributed by atoms with Gasteiger partial charge in [0, 0.05) is 30.9 Å². The summed E-state index contributed by atoms with van der Waals surface area (Å²) >= 11 is 0. The number of rotatable bonds is 7. The van der Waals surface area contributed by atoms with Gasteiger partial charge < -0.3 is 15.2 Å². The van der Waals surface area contributed by atoms with Crippen molar-refractivity contribution in [3.05, 3.63) is 95.1 Å². The second-order valence-electron chi connectivity index (χ2n) is 7.89. The molecular weight excluding hydrogens is 414 g/mol. The maximum Gasteiger partial charge on any atom is 0.407 e. The number of alkyl carbamates (subject to hydrolysis) is 1. The Kier molecular flexibility index (Phi) is 7.06. The summed E-state index contributed by atoms with van der Waals surface area (Å²) in [5, 5.41) is 11.5. The van der Waals surface area contributed by atoms with Gasteiger partial charge in [0.15, 0.2) is 0 Å². The first-order chi connectivity index (χ1) is 16.1. The van der Waals surface area contributed by atoms with Crippen LogP contribution in [0.15, 0.2) is 72.8 Å². The molecule has 1 aliphatic rings. The highest BCUT2D eigenvalue weighted by Gasteiger charge is 2.28. The van der Waals surface area contributed by atoms with Gasteiger partial charge in [0.25, 0.3) is 0 Å². The number of carbonyl (C=O) groups is 2. The molecule has 0 radical (unpaired) electrons. The molecule has 4 rings (SSSR count). The molecule has 0 fully saturated rings. The molecule has 0 aliphatic heterocycles. The maximum absolute atomic E-state index is 12.2. The Bertz CT molecular complexity index is 1160. The van der Waals surface area contributed by atoms with Crippen molar-refractivity contribution < 1.29 is 19.4 Å². The number of hydrogen-bond donors (Lipinski definition) is 2. The second kappa shape index (κ2) is 10.5. The molecule has 0 saturated heterocycles. The fourth-order valence-corrected chi connectivity index (χ4v) is 4.05. The van der Waals surface area contributed by atoms with Gasteiger partial charge in [-0.05, 0) is 46.4 Å². The van der Waals surface area contributed by atoms with Crippen molar-refractivity contribution in [1.29, 1.82) is 0 Å². The first-order valence-electron chi connectivity index (χ1n) is 11.0. The summed E-state index contributed by atoms with van der Waals surface area (Å²) in [7, 11) is 0. The monoisotopic (exact) mass is 439 g/mol. The molecule has 5 nitrogen and oxygen atoms in total. The maximum atomic E-state index is 12.2. The van der Waals surface area contributed by atoms with Crippen molar-refractivity contribution in [3.8, 4) is 23.0 Å². The Balaban J connectivity index is 1.22. The Morgan fingerprint density at radius 2 is 1.55 bits per heavy atom. The lowest BCUT2D eigenvalue weighted by atomic mass is 9.98. The highest BCUT2D eigenvalue weighted by atomic mass is 16.5. The van der Waals surface area contributed by atoms with Crippen LogP contribution in [-0.4, -0.2) is 30.3 Å². The molecule has 0 heterocycles. The molecule has 1 aliphatic carbocycles. The SMILES string of the molecule is O=C(O)CCc1ccc(C#CCCNC(=O)OCC2c3ccccc3-c3ccccc32)cc1. The Hall–Kier alpha value is -4.04. The van der Waals surface area contributed by atoms with Crippen molar-refractivity contribution >= 4 is 12.1 Å². The second-order valence-corrected chi connectivity index (χ2v) is 7.89. The van der Waals surface area contributed by atoms with E-state index < -0.39 is 12.1 Å². The topological polar surface area (TPSA) is 75.6 Å². The van der Waals surface area contributed by atoms with Crippen molar-refractivity contribution in [3.63, 3.8) is 0 Å². The van der Waals surface area contributed by atoms with E-state index in [4.69, 9.17) is 9.84 Å². The molecule has 2 N–H and O–H groups in total. The van der Waals surface area contributed by atoms with E-state index in [0.29, 0.717) is 26.0 Å². The number of hydrogen-bond acceptors (Lipinski definition) is 3. The van der Waals surface area contributed by atoms with E-state index in [0.717, 1.165) is 11.1 Å². The lowest BCUT2D eigenvalue weighted by molar-refractivity contribution is -0.136. The average Bonchev–Trinajstić information content (AvgIpc) is 3.15. The molecule has 3 aromatic rings. The number of aliphatic carboxylic acids is 1. The molecule has 0 unspecified atom stereocenters. The third kappa shape index (κ3) is 5.61.